The van der Waals surface area contributed by atoms with Crippen LogP contribution < -0.4 is 0 Å². The van der Waals surface area contributed by atoms with E-state index in [0.717, 1.165) is 68.4 Å². The van der Waals surface area contributed by atoms with Crippen molar-refractivity contribution in [2.75, 3.05) is 0 Å². The molecule has 0 N–H and O–H groups in total. The van der Waals surface area contributed by atoms with Crippen LogP contribution in [0.15, 0.2) is 126 Å². The molecule has 5 heterocycles. The van der Waals surface area contributed by atoms with Gasteiger partial charge in [-0.1, -0.05) is 91.0 Å². The molecule has 0 radical (unpaired) electrons. The molecule has 0 bridgehead atoms. The number of aromatic nitrogens is 4. The zero-order chi connectivity index (χ0) is 32.9. The zero-order valence-corrected chi connectivity index (χ0v) is 27.2. The molecule has 0 saturated carbocycles. The first-order valence-electron chi connectivity index (χ1n) is 17.5. The minimum absolute atomic E-state index is 0.734. The smallest absolute Gasteiger partial charge is 0.165 e. The summed E-state index contributed by atoms with van der Waals surface area (Å²) >= 11 is 0. The second-order valence-corrected chi connectivity index (χ2v) is 13.9. The van der Waals surface area contributed by atoms with Crippen LogP contribution in [-0.4, -0.2) is 18.9 Å². The molecule has 0 aliphatic heterocycles. The van der Waals surface area contributed by atoms with Gasteiger partial charge in [0.15, 0.2) is 11.4 Å². The van der Waals surface area contributed by atoms with Gasteiger partial charge in [-0.2, -0.15) is 0 Å². The predicted molar refractivity (Wildman–Crippen MR) is 206 cm³/mol. The molecule has 12 aromatic rings. The normalized spacial score (nSPS) is 13.2. The van der Waals surface area contributed by atoms with Crippen LogP contribution in [0.25, 0.3) is 110 Å². The molecule has 13 rings (SSSR count). The highest BCUT2D eigenvalue weighted by molar-refractivity contribution is 6.32. The van der Waals surface area contributed by atoms with E-state index in [4.69, 9.17) is 14.4 Å². The van der Waals surface area contributed by atoms with Crippen LogP contribution in [0.5, 0.6) is 0 Å². The van der Waals surface area contributed by atoms with Crippen LogP contribution in [0, 0.1) is 12.1 Å². The molecule has 5 nitrogen and oxygen atoms in total. The van der Waals surface area contributed by atoms with Crippen molar-refractivity contribution in [3.63, 3.8) is 0 Å². The van der Waals surface area contributed by atoms with Gasteiger partial charge >= 0.3 is 0 Å². The van der Waals surface area contributed by atoms with E-state index in [-0.39, 0.29) is 0 Å². The van der Waals surface area contributed by atoms with Gasteiger partial charge in [-0.05, 0) is 60.2 Å². The number of nitrogens with zero attached hydrogens (tertiary/aromatic N) is 4. The maximum absolute atomic E-state index is 6.58. The average molecular weight is 649 g/mol. The summed E-state index contributed by atoms with van der Waals surface area (Å²) < 4.78 is 11.5. The standard InChI is InChI=1S/C46H24N4O/c1-5-16-34-27(10-1)29-22-19-26-21-24-37-42-40(26)44(29)49(34)35-17-7-9-25-20-23-36(41(42)39(25)35)50(37)46-43(47-32-14-3-4-15-33(32)48-46)31-13-8-12-30-28-11-2-6-18-38(28)51-45(30)31/h1-7,9-12,14-20,22-23H,21,24H2. The Hall–Kier alpha value is -6.90. The first kappa shape index (κ1) is 26.0. The van der Waals surface area contributed by atoms with Gasteiger partial charge in [-0.25, -0.2) is 9.97 Å². The van der Waals surface area contributed by atoms with Gasteiger partial charge in [-0.15, -0.1) is 0 Å². The lowest BCUT2D eigenvalue weighted by Crippen LogP contribution is -2.10. The summed E-state index contributed by atoms with van der Waals surface area (Å²) in [7, 11) is 0. The molecule has 0 saturated heterocycles. The molecule has 0 fully saturated rings. The van der Waals surface area contributed by atoms with Crippen LogP contribution in [0.4, 0.5) is 0 Å². The summed E-state index contributed by atoms with van der Waals surface area (Å²) in [5.41, 5.74) is 12.3. The Morgan fingerprint density at radius 3 is 2.35 bits per heavy atom. The van der Waals surface area contributed by atoms with Crippen molar-refractivity contribution in [1.29, 1.82) is 0 Å². The quantitative estimate of drug-likeness (QED) is 0.187. The van der Waals surface area contributed by atoms with E-state index in [1.54, 1.807) is 0 Å². The Bertz CT molecular complexity index is 3490. The molecular formula is C46H24N4O. The first-order chi connectivity index (χ1) is 25.3. The summed E-state index contributed by atoms with van der Waals surface area (Å²) in [5, 5.41) is 11.0. The van der Waals surface area contributed by atoms with Gasteiger partial charge < -0.3 is 8.82 Å². The van der Waals surface area contributed by atoms with Gasteiger partial charge in [0.1, 0.15) is 11.3 Å². The number of hydrogen-bond donors (Lipinski definition) is 0. The van der Waals surface area contributed by atoms with Gasteiger partial charge in [0.2, 0.25) is 0 Å². The Balaban J connectivity index is 1.27. The Labute approximate surface area is 289 Å². The Kier molecular flexibility index (Phi) is 4.60. The highest BCUT2D eigenvalue weighted by Crippen LogP contribution is 2.49. The van der Waals surface area contributed by atoms with E-state index < -0.39 is 0 Å². The highest BCUT2D eigenvalue weighted by atomic mass is 16.3. The number of fused-ring (bicyclic) bond motifs is 8. The summed E-state index contributed by atoms with van der Waals surface area (Å²) in [5.74, 6) is 0.783. The number of benzene rings is 6. The molecule has 0 atom stereocenters. The predicted octanol–water partition coefficient (Wildman–Crippen LogP) is 11.1. The first-order valence-corrected chi connectivity index (χ1v) is 17.5. The number of furan rings is 1. The maximum Gasteiger partial charge on any atom is 0.165 e. The van der Waals surface area contributed by atoms with Crippen LogP contribution in [0.2, 0.25) is 0 Å². The SMILES string of the molecule is c1cc2c(oc3ccccc32)c(-c2nc3ccccc3nc2-n2c3c4c5c(ccc6c7ccccc7n(c7cccc8ccc2c4c87)c65)CC3)c#1. The minimum Gasteiger partial charge on any atom is -0.455 e. The molecule has 0 spiro atoms. The van der Waals surface area contributed by atoms with E-state index in [1.807, 2.05) is 42.5 Å². The van der Waals surface area contributed by atoms with Crippen LogP contribution >= 0.6 is 0 Å². The van der Waals surface area contributed by atoms with E-state index in [9.17, 15) is 0 Å². The van der Waals surface area contributed by atoms with Crippen molar-refractivity contribution < 1.29 is 4.42 Å². The van der Waals surface area contributed by atoms with Crippen LogP contribution in [0.1, 0.15) is 11.3 Å². The van der Waals surface area contributed by atoms with E-state index >= 15 is 0 Å². The lowest BCUT2D eigenvalue weighted by molar-refractivity contribution is 0.670. The molecule has 1 aliphatic carbocycles. The van der Waals surface area contributed by atoms with E-state index in [2.05, 4.69) is 100.0 Å². The summed E-state index contributed by atoms with van der Waals surface area (Å²) in [4.78, 5) is 10.9. The third kappa shape index (κ3) is 3.11. The van der Waals surface area contributed by atoms with Crippen molar-refractivity contribution in [1.82, 2.24) is 18.9 Å². The Morgan fingerprint density at radius 1 is 0.588 bits per heavy atom. The number of hydrogen-bond acceptors (Lipinski definition) is 3. The molecular weight excluding hydrogens is 625 g/mol. The summed E-state index contributed by atoms with van der Waals surface area (Å²) in [6.45, 7) is 0. The lowest BCUT2D eigenvalue weighted by atomic mass is 9.91. The second-order valence-electron chi connectivity index (χ2n) is 13.9. The van der Waals surface area contributed by atoms with E-state index in [0.29, 0.717) is 0 Å². The third-order valence-electron chi connectivity index (χ3n) is 11.4. The van der Waals surface area contributed by atoms with Crippen molar-refractivity contribution in [3.8, 4) is 17.1 Å². The second kappa shape index (κ2) is 9.01. The molecule has 5 aromatic heterocycles. The summed E-state index contributed by atoms with van der Waals surface area (Å²) in [6.07, 6.45) is 1.82. The van der Waals surface area contributed by atoms with Crippen molar-refractivity contribution >= 4 is 92.7 Å². The Morgan fingerprint density at radius 2 is 1.41 bits per heavy atom. The topological polar surface area (TPSA) is 48.3 Å². The van der Waals surface area contributed by atoms with E-state index in [1.165, 1.54) is 65.5 Å². The van der Waals surface area contributed by atoms with Gasteiger partial charge in [0, 0.05) is 54.9 Å². The minimum atomic E-state index is 0.734. The van der Waals surface area contributed by atoms with Gasteiger partial charge in [0.05, 0.1) is 38.7 Å². The summed E-state index contributed by atoms with van der Waals surface area (Å²) in [6, 6.07) is 49.9. The molecule has 0 unspecified atom stereocenters. The highest BCUT2D eigenvalue weighted by Gasteiger charge is 2.30. The largest absolute Gasteiger partial charge is 0.455 e. The maximum atomic E-state index is 6.58. The third-order valence-corrected chi connectivity index (χ3v) is 11.4. The fraction of sp³-hybridized carbons (Fsp3) is 0.0435. The number of rotatable bonds is 2. The average Bonchev–Trinajstić information content (AvgIpc) is 3.82. The molecule has 234 valence electrons. The zero-order valence-electron chi connectivity index (χ0n) is 27.2. The van der Waals surface area contributed by atoms with Crippen molar-refractivity contribution in [3.05, 3.63) is 145 Å². The monoisotopic (exact) mass is 648 g/mol. The van der Waals surface area contributed by atoms with Gasteiger partial charge in [0.25, 0.3) is 0 Å². The van der Waals surface area contributed by atoms with Crippen molar-refractivity contribution in [2.45, 2.75) is 12.8 Å². The molecule has 1 aliphatic rings. The van der Waals surface area contributed by atoms with Crippen molar-refractivity contribution in [2.24, 2.45) is 0 Å². The molecule has 5 heteroatoms. The van der Waals surface area contributed by atoms with Crippen LogP contribution in [0.3, 0.4) is 0 Å². The van der Waals surface area contributed by atoms with Crippen LogP contribution in [-0.2, 0) is 12.8 Å². The lowest BCUT2D eigenvalue weighted by Gasteiger charge is -2.18. The van der Waals surface area contributed by atoms with Gasteiger partial charge in [-0.3, -0.25) is 4.57 Å². The number of aryl methyl sites for hydroxylation is 2. The molecule has 7 aromatic carbocycles. The molecule has 51 heavy (non-hydrogen) atoms. The molecule has 0 amide bonds. The number of para-hydroxylation sites is 4. The fourth-order valence-corrected chi connectivity index (χ4v) is 9.33. The fourth-order valence-electron chi connectivity index (χ4n) is 9.33.